The average molecular weight is 392 g/mol. The van der Waals surface area contributed by atoms with Crippen LogP contribution < -0.4 is 11.1 Å². The lowest BCUT2D eigenvalue weighted by Gasteiger charge is -2.22. The maximum absolute atomic E-state index is 13.3. The highest BCUT2D eigenvalue weighted by molar-refractivity contribution is 6.18. The van der Waals surface area contributed by atoms with Gasteiger partial charge in [0.15, 0.2) is 0 Å². The van der Waals surface area contributed by atoms with E-state index in [0.29, 0.717) is 5.56 Å². The number of rotatable bonds is 7. The summed E-state index contributed by atoms with van der Waals surface area (Å²) in [5, 5.41) is 6.15. The number of nitrogens with two attached hydrogens (primary N) is 1. The highest BCUT2D eigenvalue weighted by Gasteiger charge is 2.28. The Kier molecular flexibility index (Phi) is 6.12. The number of hydrogen-bond acceptors (Lipinski definition) is 4. The Labute approximate surface area is 169 Å². The van der Waals surface area contributed by atoms with Crippen LogP contribution in [0, 0.1) is 5.92 Å². The number of carbonyl (C=O) groups excluding carboxylic acids is 3. The molecule has 150 valence electrons. The lowest BCUT2D eigenvalue weighted by Crippen LogP contribution is -2.49. The maximum Gasteiger partial charge on any atom is 0.306 e. The topological polar surface area (TPSA) is 98.5 Å². The minimum absolute atomic E-state index is 0.0159. The smallest absolute Gasteiger partial charge is 0.306 e. The van der Waals surface area contributed by atoms with Crippen molar-refractivity contribution in [3.05, 3.63) is 60.2 Å². The van der Waals surface area contributed by atoms with Crippen LogP contribution in [-0.4, -0.2) is 30.4 Å². The maximum atomic E-state index is 13.3. The normalized spacial score (nSPS) is 13.0. The van der Waals surface area contributed by atoms with Crippen molar-refractivity contribution < 1.29 is 19.1 Å². The lowest BCUT2D eigenvalue weighted by atomic mass is 9.94. The summed E-state index contributed by atoms with van der Waals surface area (Å²) in [7, 11) is 0. The van der Waals surface area contributed by atoms with Gasteiger partial charge in [0.25, 0.3) is 5.91 Å². The summed E-state index contributed by atoms with van der Waals surface area (Å²) in [4.78, 5) is 37.1. The number of amides is 2. The van der Waals surface area contributed by atoms with Gasteiger partial charge in [-0.2, -0.15) is 0 Å². The van der Waals surface area contributed by atoms with Crippen molar-refractivity contribution in [1.29, 1.82) is 0 Å². The van der Waals surface area contributed by atoms with Crippen LogP contribution in [0.4, 0.5) is 0 Å². The molecule has 0 radical (unpaired) electrons. The molecule has 0 fully saturated rings. The molecule has 3 N–H and O–H groups in total. The molecule has 0 saturated carbocycles. The molecule has 0 unspecified atom stereocenters. The fourth-order valence-electron chi connectivity index (χ4n) is 3.57. The van der Waals surface area contributed by atoms with Crippen LogP contribution in [-0.2, 0) is 14.3 Å². The Bertz CT molecular complexity index is 1020. The van der Waals surface area contributed by atoms with E-state index in [9.17, 15) is 14.4 Å². The van der Waals surface area contributed by atoms with Gasteiger partial charge < -0.3 is 15.8 Å². The summed E-state index contributed by atoms with van der Waals surface area (Å²) in [5.74, 6) is -2.04. The van der Waals surface area contributed by atoms with Gasteiger partial charge in [0, 0.05) is 0 Å². The first-order valence-electron chi connectivity index (χ1n) is 9.58. The SMILES string of the molecule is CCOC(=O)C[C@H](C)[C@@H](NC(=O)c1c2ccccc2cc2ccccc12)C(N)=O. The molecule has 0 aliphatic heterocycles. The third-order valence-corrected chi connectivity index (χ3v) is 4.95. The molecule has 0 aromatic heterocycles. The van der Waals surface area contributed by atoms with Crippen LogP contribution in [0.25, 0.3) is 21.5 Å². The molecule has 0 aliphatic rings. The van der Waals surface area contributed by atoms with Crippen LogP contribution in [0.1, 0.15) is 30.6 Å². The summed E-state index contributed by atoms with van der Waals surface area (Å²) < 4.78 is 4.94. The van der Waals surface area contributed by atoms with Crippen LogP contribution in [0.3, 0.4) is 0 Å². The van der Waals surface area contributed by atoms with Crippen LogP contribution in [0.15, 0.2) is 54.6 Å². The Morgan fingerprint density at radius 2 is 1.55 bits per heavy atom. The van der Waals surface area contributed by atoms with E-state index in [1.165, 1.54) is 0 Å². The fraction of sp³-hybridized carbons (Fsp3) is 0.261. The van der Waals surface area contributed by atoms with Crippen molar-refractivity contribution >= 4 is 39.3 Å². The zero-order valence-electron chi connectivity index (χ0n) is 16.5. The van der Waals surface area contributed by atoms with Gasteiger partial charge in [-0.3, -0.25) is 14.4 Å². The predicted molar refractivity (Wildman–Crippen MR) is 112 cm³/mol. The molecule has 0 bridgehead atoms. The molecule has 0 heterocycles. The Balaban J connectivity index is 1.99. The minimum Gasteiger partial charge on any atom is -0.466 e. The van der Waals surface area contributed by atoms with Crippen molar-refractivity contribution in [2.75, 3.05) is 6.61 Å². The second kappa shape index (κ2) is 8.73. The zero-order valence-corrected chi connectivity index (χ0v) is 16.5. The quantitative estimate of drug-likeness (QED) is 0.477. The number of esters is 1. The van der Waals surface area contributed by atoms with Crippen LogP contribution in [0.2, 0.25) is 0 Å². The third-order valence-electron chi connectivity index (χ3n) is 4.95. The Morgan fingerprint density at radius 1 is 1.00 bits per heavy atom. The molecule has 6 nitrogen and oxygen atoms in total. The van der Waals surface area contributed by atoms with Crippen LogP contribution in [0.5, 0.6) is 0 Å². The van der Waals surface area contributed by atoms with Crippen molar-refractivity contribution in [1.82, 2.24) is 5.32 Å². The fourth-order valence-corrected chi connectivity index (χ4v) is 3.57. The monoisotopic (exact) mass is 392 g/mol. The van der Waals surface area contributed by atoms with Gasteiger partial charge in [-0.25, -0.2) is 0 Å². The molecule has 3 aromatic carbocycles. The van der Waals surface area contributed by atoms with Crippen molar-refractivity contribution in [2.45, 2.75) is 26.3 Å². The van der Waals surface area contributed by atoms with Crippen LogP contribution >= 0.6 is 0 Å². The molecule has 3 rings (SSSR count). The summed E-state index contributed by atoms with van der Waals surface area (Å²) in [6.07, 6.45) is -0.0159. The second-order valence-electron chi connectivity index (χ2n) is 7.03. The summed E-state index contributed by atoms with van der Waals surface area (Å²) in [5.41, 5.74) is 6.01. The molecule has 29 heavy (non-hydrogen) atoms. The Hall–Kier alpha value is -3.41. The standard InChI is InChI=1S/C23H24N2O4/c1-3-29-19(26)12-14(2)21(22(24)27)25-23(28)20-17-10-6-4-8-15(17)13-16-9-5-7-11-18(16)20/h4-11,13-14,21H,3,12H2,1-2H3,(H2,24,27)(H,25,28)/t14-,21+/m0/s1. The van der Waals surface area contributed by atoms with E-state index in [0.717, 1.165) is 21.5 Å². The number of primary amides is 1. The van der Waals surface area contributed by atoms with E-state index in [1.807, 2.05) is 54.6 Å². The van der Waals surface area contributed by atoms with E-state index in [1.54, 1.807) is 13.8 Å². The highest BCUT2D eigenvalue weighted by atomic mass is 16.5. The van der Waals surface area contributed by atoms with E-state index >= 15 is 0 Å². The zero-order chi connectivity index (χ0) is 21.0. The molecular weight excluding hydrogens is 368 g/mol. The highest BCUT2D eigenvalue weighted by Crippen LogP contribution is 2.28. The molecule has 2 atom stereocenters. The van der Waals surface area contributed by atoms with Gasteiger partial charge in [-0.1, -0.05) is 55.5 Å². The molecule has 2 amide bonds. The number of benzene rings is 3. The third kappa shape index (κ3) is 4.37. The molecule has 0 spiro atoms. The second-order valence-corrected chi connectivity index (χ2v) is 7.03. The van der Waals surface area contributed by atoms with E-state index in [4.69, 9.17) is 10.5 Å². The van der Waals surface area contributed by atoms with E-state index < -0.39 is 29.7 Å². The minimum atomic E-state index is -0.996. The number of nitrogens with one attached hydrogen (secondary N) is 1. The van der Waals surface area contributed by atoms with Gasteiger partial charge in [-0.05, 0) is 40.5 Å². The summed E-state index contributed by atoms with van der Waals surface area (Å²) in [6, 6.07) is 16.2. The lowest BCUT2D eigenvalue weighted by molar-refractivity contribution is -0.144. The Morgan fingerprint density at radius 3 is 2.07 bits per heavy atom. The first-order valence-corrected chi connectivity index (χ1v) is 9.58. The average Bonchev–Trinajstić information content (AvgIpc) is 2.69. The predicted octanol–water partition coefficient (Wildman–Crippen LogP) is 3.17. The molecule has 0 saturated heterocycles. The van der Waals surface area contributed by atoms with Gasteiger partial charge in [0.1, 0.15) is 6.04 Å². The van der Waals surface area contributed by atoms with E-state index in [-0.39, 0.29) is 13.0 Å². The largest absolute Gasteiger partial charge is 0.466 e. The van der Waals surface area contributed by atoms with Gasteiger partial charge in [0.2, 0.25) is 5.91 Å². The van der Waals surface area contributed by atoms with Gasteiger partial charge in [-0.15, -0.1) is 0 Å². The number of fused-ring (bicyclic) bond motifs is 2. The summed E-state index contributed by atoms with van der Waals surface area (Å²) >= 11 is 0. The number of carbonyl (C=O) groups is 3. The number of ether oxygens (including phenoxy) is 1. The number of hydrogen-bond donors (Lipinski definition) is 2. The molecule has 0 aliphatic carbocycles. The first kappa shape index (κ1) is 20.3. The van der Waals surface area contributed by atoms with Gasteiger partial charge >= 0.3 is 5.97 Å². The van der Waals surface area contributed by atoms with E-state index in [2.05, 4.69) is 5.32 Å². The molecule has 3 aromatic rings. The molecule has 6 heteroatoms. The van der Waals surface area contributed by atoms with Gasteiger partial charge in [0.05, 0.1) is 18.6 Å². The van der Waals surface area contributed by atoms with Crippen molar-refractivity contribution in [2.24, 2.45) is 11.7 Å². The first-order chi connectivity index (χ1) is 13.9. The molecular formula is C23H24N2O4. The van der Waals surface area contributed by atoms with Crippen molar-refractivity contribution in [3.63, 3.8) is 0 Å². The summed E-state index contributed by atoms with van der Waals surface area (Å²) in [6.45, 7) is 3.65. The van der Waals surface area contributed by atoms with Crippen molar-refractivity contribution in [3.8, 4) is 0 Å².